The fraction of sp³-hybridized carbons (Fsp3) is 0.462. The molecule has 0 bridgehead atoms. The number of hydrogen-bond acceptors (Lipinski definition) is 4. The molecule has 100 valence electrons. The number of amides is 1. The maximum Gasteiger partial charge on any atom is 0.335 e. The summed E-state index contributed by atoms with van der Waals surface area (Å²) in [4.78, 5) is 29.2. The van der Waals surface area contributed by atoms with Gasteiger partial charge in [0.2, 0.25) is 5.91 Å². The Balaban J connectivity index is 2.00. The van der Waals surface area contributed by atoms with E-state index >= 15 is 0 Å². The van der Waals surface area contributed by atoms with Crippen molar-refractivity contribution in [3.8, 4) is 0 Å². The molecule has 1 aromatic rings. The molecule has 2 atom stereocenters. The van der Waals surface area contributed by atoms with Crippen molar-refractivity contribution in [1.29, 1.82) is 0 Å². The van der Waals surface area contributed by atoms with E-state index in [0.717, 1.165) is 12.8 Å². The predicted molar refractivity (Wildman–Crippen MR) is 64.2 cm³/mol. The van der Waals surface area contributed by atoms with E-state index in [1.54, 1.807) is 29.3 Å². The molecule has 2 fully saturated rings. The molecule has 2 heterocycles. The van der Waals surface area contributed by atoms with Crippen LogP contribution < -0.4 is 0 Å². The van der Waals surface area contributed by atoms with Gasteiger partial charge in [0.1, 0.15) is 12.6 Å². The first-order valence-electron chi connectivity index (χ1n) is 6.25. The molecule has 1 saturated carbocycles. The number of pyridine rings is 1. The number of carbonyl (C=O) groups is 2. The highest BCUT2D eigenvalue weighted by molar-refractivity contribution is 5.83. The van der Waals surface area contributed by atoms with Gasteiger partial charge in [0.25, 0.3) is 0 Å². The molecule has 0 spiro atoms. The molecule has 2 unspecified atom stereocenters. The van der Waals surface area contributed by atoms with E-state index in [-0.39, 0.29) is 18.6 Å². The maximum absolute atomic E-state index is 12.0. The summed E-state index contributed by atoms with van der Waals surface area (Å²) >= 11 is 0. The predicted octanol–water partition coefficient (Wildman–Crippen LogP) is 0.597. The third kappa shape index (κ3) is 2.19. The van der Waals surface area contributed by atoms with Crippen LogP contribution in [-0.4, -0.2) is 45.6 Å². The van der Waals surface area contributed by atoms with Gasteiger partial charge in [-0.25, -0.2) is 4.79 Å². The number of aliphatic carboxylic acids is 1. The molecule has 6 heteroatoms. The minimum absolute atomic E-state index is 0.130. The van der Waals surface area contributed by atoms with Gasteiger partial charge in [-0.2, -0.15) is 0 Å². The molecule has 3 rings (SSSR count). The number of carbonyl (C=O) groups excluding carboxylic acids is 1. The second-order valence-corrected chi connectivity index (χ2v) is 4.80. The van der Waals surface area contributed by atoms with Crippen molar-refractivity contribution in [1.82, 2.24) is 9.88 Å². The van der Waals surface area contributed by atoms with Crippen molar-refractivity contribution in [3.05, 3.63) is 30.1 Å². The lowest BCUT2D eigenvalue weighted by Gasteiger charge is -2.39. The lowest BCUT2D eigenvalue weighted by atomic mass is 10.0. The van der Waals surface area contributed by atoms with Crippen LogP contribution in [0.15, 0.2) is 24.4 Å². The topological polar surface area (TPSA) is 79.7 Å². The summed E-state index contributed by atoms with van der Waals surface area (Å²) in [6.07, 6.45) is 2.38. The summed E-state index contributed by atoms with van der Waals surface area (Å²) in [6, 6.07) is 4.77. The Labute approximate surface area is 110 Å². The average Bonchev–Trinajstić information content (AvgIpc) is 3.23. The lowest BCUT2D eigenvalue weighted by Crippen LogP contribution is -2.52. The average molecular weight is 262 g/mol. The monoisotopic (exact) mass is 262 g/mol. The second kappa shape index (κ2) is 4.62. The largest absolute Gasteiger partial charge is 0.479 e. The van der Waals surface area contributed by atoms with E-state index in [1.165, 1.54) is 0 Å². The number of ether oxygens (including phenoxy) is 1. The minimum Gasteiger partial charge on any atom is -0.479 e. The van der Waals surface area contributed by atoms with Crippen molar-refractivity contribution in [3.63, 3.8) is 0 Å². The van der Waals surface area contributed by atoms with Crippen LogP contribution >= 0.6 is 0 Å². The first-order chi connectivity index (χ1) is 9.18. The van der Waals surface area contributed by atoms with Gasteiger partial charge in [-0.3, -0.25) is 9.78 Å². The molecule has 6 nitrogen and oxygen atoms in total. The van der Waals surface area contributed by atoms with Gasteiger partial charge in [-0.15, -0.1) is 0 Å². The van der Waals surface area contributed by atoms with Gasteiger partial charge in [-0.1, -0.05) is 6.07 Å². The van der Waals surface area contributed by atoms with E-state index in [4.69, 9.17) is 4.74 Å². The number of nitrogens with zero attached hydrogens (tertiary/aromatic N) is 2. The Bertz CT molecular complexity index is 501. The first kappa shape index (κ1) is 12.1. The molecule has 19 heavy (non-hydrogen) atoms. The molecular formula is C13H14N2O4. The van der Waals surface area contributed by atoms with Crippen LogP contribution in [0.3, 0.4) is 0 Å². The summed E-state index contributed by atoms with van der Waals surface area (Å²) in [5, 5.41) is 9.29. The van der Waals surface area contributed by atoms with Crippen LogP contribution in [0.2, 0.25) is 0 Å². The highest BCUT2D eigenvalue weighted by atomic mass is 16.5. The Morgan fingerprint density at radius 3 is 2.79 bits per heavy atom. The Morgan fingerprint density at radius 2 is 2.21 bits per heavy atom. The van der Waals surface area contributed by atoms with Gasteiger partial charge in [0.05, 0.1) is 5.69 Å². The van der Waals surface area contributed by atoms with Crippen molar-refractivity contribution < 1.29 is 19.4 Å². The van der Waals surface area contributed by atoms with E-state index in [0.29, 0.717) is 5.69 Å². The second-order valence-electron chi connectivity index (χ2n) is 4.80. The number of morpholine rings is 1. The highest BCUT2D eigenvalue weighted by Crippen LogP contribution is 2.38. The van der Waals surface area contributed by atoms with Gasteiger partial charge in [-0.05, 0) is 25.0 Å². The van der Waals surface area contributed by atoms with E-state index in [2.05, 4.69) is 4.98 Å². The van der Waals surface area contributed by atoms with E-state index in [1.807, 2.05) is 0 Å². The number of carboxylic acid groups (broad SMARTS) is 1. The first-order valence-corrected chi connectivity index (χ1v) is 6.25. The van der Waals surface area contributed by atoms with Gasteiger partial charge < -0.3 is 14.7 Å². The van der Waals surface area contributed by atoms with Crippen LogP contribution in [0.1, 0.15) is 24.6 Å². The Morgan fingerprint density at radius 1 is 1.42 bits per heavy atom. The van der Waals surface area contributed by atoms with Crippen molar-refractivity contribution >= 4 is 11.9 Å². The van der Waals surface area contributed by atoms with Gasteiger partial charge in [0, 0.05) is 12.2 Å². The van der Waals surface area contributed by atoms with Crippen LogP contribution in [0.25, 0.3) is 0 Å². The zero-order valence-electron chi connectivity index (χ0n) is 10.2. The normalized spacial score (nSPS) is 27.4. The van der Waals surface area contributed by atoms with E-state index < -0.39 is 18.1 Å². The maximum atomic E-state index is 12.0. The summed E-state index contributed by atoms with van der Waals surface area (Å²) in [5.74, 6) is -1.22. The van der Waals surface area contributed by atoms with Crippen molar-refractivity contribution in [2.24, 2.45) is 0 Å². The smallest absolute Gasteiger partial charge is 0.335 e. The third-order valence-electron chi connectivity index (χ3n) is 3.44. The molecule has 1 aliphatic heterocycles. The minimum atomic E-state index is -1.06. The molecule has 1 aliphatic carbocycles. The van der Waals surface area contributed by atoms with Gasteiger partial charge >= 0.3 is 5.97 Å². The molecule has 0 radical (unpaired) electrons. The number of rotatable bonds is 3. The summed E-state index contributed by atoms with van der Waals surface area (Å²) < 4.78 is 5.20. The zero-order chi connectivity index (χ0) is 13.4. The molecule has 1 amide bonds. The molecule has 1 N–H and O–H groups in total. The SMILES string of the molecule is O=C(O)C1OCC(=O)N(C2CC2)C1c1ccccn1. The van der Waals surface area contributed by atoms with Crippen molar-refractivity contribution in [2.45, 2.75) is 31.0 Å². The van der Waals surface area contributed by atoms with Gasteiger partial charge in [0.15, 0.2) is 6.10 Å². The Kier molecular flexibility index (Phi) is 2.94. The van der Waals surface area contributed by atoms with Crippen molar-refractivity contribution in [2.75, 3.05) is 6.61 Å². The molecule has 2 aliphatic rings. The fourth-order valence-electron chi connectivity index (χ4n) is 2.47. The summed E-state index contributed by atoms with van der Waals surface area (Å²) in [6.45, 7) is -0.170. The summed E-state index contributed by atoms with van der Waals surface area (Å²) in [7, 11) is 0. The fourth-order valence-corrected chi connectivity index (χ4v) is 2.47. The molecule has 0 aromatic carbocycles. The highest BCUT2D eigenvalue weighted by Gasteiger charge is 2.48. The number of hydrogen-bond donors (Lipinski definition) is 1. The zero-order valence-corrected chi connectivity index (χ0v) is 10.2. The Hall–Kier alpha value is -1.95. The number of aromatic nitrogens is 1. The molecule has 1 aromatic heterocycles. The molecule has 1 saturated heterocycles. The lowest BCUT2D eigenvalue weighted by molar-refractivity contribution is -0.174. The molecular weight excluding hydrogens is 248 g/mol. The standard InChI is InChI=1S/C13H14N2O4/c16-10-7-19-12(13(17)18)11(15(10)8-4-5-8)9-3-1-2-6-14-9/h1-3,6,8,11-12H,4-5,7H2,(H,17,18). The summed E-state index contributed by atoms with van der Waals surface area (Å²) in [5.41, 5.74) is 0.565. The quantitative estimate of drug-likeness (QED) is 0.862. The third-order valence-corrected chi connectivity index (χ3v) is 3.44. The van der Waals surface area contributed by atoms with Crippen LogP contribution in [0.4, 0.5) is 0 Å². The van der Waals surface area contributed by atoms with Crippen LogP contribution in [0, 0.1) is 0 Å². The number of carboxylic acids is 1. The van der Waals surface area contributed by atoms with Crippen LogP contribution in [-0.2, 0) is 14.3 Å². The van der Waals surface area contributed by atoms with E-state index in [9.17, 15) is 14.7 Å². The van der Waals surface area contributed by atoms with Crippen LogP contribution in [0.5, 0.6) is 0 Å².